The summed E-state index contributed by atoms with van der Waals surface area (Å²) < 4.78 is 66.3. The summed E-state index contributed by atoms with van der Waals surface area (Å²) in [5.74, 6) is 0.453. The van der Waals surface area contributed by atoms with E-state index in [1.54, 1.807) is 24.4 Å². The van der Waals surface area contributed by atoms with E-state index >= 15 is 0 Å². The van der Waals surface area contributed by atoms with Crippen LogP contribution in [0.4, 0.5) is 29.5 Å². The number of alkyl halides is 3. The van der Waals surface area contributed by atoms with Gasteiger partial charge in [0, 0.05) is 40.9 Å². The largest absolute Gasteiger partial charge is 0.447 e. The zero-order chi connectivity index (χ0) is 29.4. The number of halogens is 3. The molecule has 0 bridgehead atoms. The van der Waals surface area contributed by atoms with Crippen molar-refractivity contribution in [1.29, 1.82) is 4.78 Å². The molecule has 2 fully saturated rings. The summed E-state index contributed by atoms with van der Waals surface area (Å²) in [5.41, 5.74) is 0.322. The zero-order valence-electron chi connectivity index (χ0n) is 22.7. The predicted molar refractivity (Wildman–Crippen MR) is 152 cm³/mol. The molecule has 220 valence electrons. The van der Waals surface area contributed by atoms with Crippen LogP contribution >= 0.6 is 11.3 Å². The summed E-state index contributed by atoms with van der Waals surface area (Å²) in [7, 11) is -3.11. The van der Waals surface area contributed by atoms with Crippen LogP contribution in [0.1, 0.15) is 68.9 Å². The van der Waals surface area contributed by atoms with Crippen molar-refractivity contribution in [3.8, 4) is 10.4 Å². The smallest absolute Gasteiger partial charge is 0.417 e. The lowest BCUT2D eigenvalue weighted by Crippen LogP contribution is -2.38. The van der Waals surface area contributed by atoms with Crippen LogP contribution in [-0.2, 0) is 20.6 Å². The molecule has 1 unspecified atom stereocenters. The van der Waals surface area contributed by atoms with E-state index < -0.39 is 27.6 Å². The van der Waals surface area contributed by atoms with Crippen LogP contribution in [0.3, 0.4) is 0 Å². The van der Waals surface area contributed by atoms with Crippen LogP contribution in [0.25, 0.3) is 10.4 Å². The summed E-state index contributed by atoms with van der Waals surface area (Å²) in [4.78, 5) is 21.7. The maximum atomic E-state index is 13.6. The van der Waals surface area contributed by atoms with Gasteiger partial charge in [-0.05, 0) is 76.6 Å². The number of ether oxygens (including phenoxy) is 1. The van der Waals surface area contributed by atoms with E-state index in [-0.39, 0.29) is 29.1 Å². The minimum atomic E-state index is -4.48. The minimum Gasteiger partial charge on any atom is -0.447 e. The third kappa shape index (κ3) is 7.00. The second kappa shape index (κ2) is 11.6. The maximum Gasteiger partial charge on any atom is 0.417 e. The highest BCUT2D eigenvalue weighted by atomic mass is 32.2. The van der Waals surface area contributed by atoms with E-state index in [1.165, 1.54) is 17.4 Å². The summed E-state index contributed by atoms with van der Waals surface area (Å²) in [6.45, 7) is 3.62. The Bertz CT molecular complexity index is 1490. The summed E-state index contributed by atoms with van der Waals surface area (Å²) >= 11 is 1.52. The molecule has 0 saturated heterocycles. The number of carbonyl (C=O) groups is 1. The molecule has 1 aromatic carbocycles. The SMILES string of the molecule is CC(C)OC(=O)N[C@H]1CC[C@H](c2ncc(-c3ccc(Nc4ccc(C(F)(F)F)cn4)cc3S(=N)(=O)C3CC3)s2)CC1. The van der Waals surface area contributed by atoms with E-state index in [4.69, 9.17) is 9.52 Å². The molecule has 1 amide bonds. The molecule has 0 spiro atoms. The molecule has 3 aromatic rings. The molecular weight excluding hydrogens is 575 g/mol. The number of carbonyl (C=O) groups excluding carboxylic acids is 1. The second-order valence-electron chi connectivity index (χ2n) is 10.8. The van der Waals surface area contributed by atoms with Gasteiger partial charge in [0.1, 0.15) is 5.82 Å². The quantitative estimate of drug-likeness (QED) is 0.242. The van der Waals surface area contributed by atoms with Gasteiger partial charge in [0.2, 0.25) is 0 Å². The Balaban J connectivity index is 1.33. The normalized spacial score (nSPS) is 20.8. The molecule has 13 heteroatoms. The number of rotatable bonds is 8. The van der Waals surface area contributed by atoms with Gasteiger partial charge in [0.05, 0.1) is 36.2 Å². The van der Waals surface area contributed by atoms with Crippen molar-refractivity contribution in [3.63, 3.8) is 0 Å². The topological polar surface area (TPSA) is 117 Å². The lowest BCUT2D eigenvalue weighted by atomic mass is 9.86. The van der Waals surface area contributed by atoms with Crippen molar-refractivity contribution < 1.29 is 26.9 Å². The fourth-order valence-electron chi connectivity index (χ4n) is 4.92. The Morgan fingerprint density at radius 2 is 1.80 bits per heavy atom. The van der Waals surface area contributed by atoms with Crippen LogP contribution in [0.15, 0.2) is 47.6 Å². The number of alkyl carbamates (subject to hydrolysis) is 1. The van der Waals surface area contributed by atoms with Crippen LogP contribution in [0.2, 0.25) is 0 Å². The van der Waals surface area contributed by atoms with Gasteiger partial charge in [0.25, 0.3) is 0 Å². The van der Waals surface area contributed by atoms with E-state index in [0.717, 1.165) is 60.7 Å². The number of nitrogens with zero attached hydrogens (tertiary/aromatic N) is 2. The fraction of sp³-hybridized carbons (Fsp3) is 0.464. The summed E-state index contributed by atoms with van der Waals surface area (Å²) in [5, 5.41) is 6.66. The van der Waals surface area contributed by atoms with Gasteiger partial charge in [-0.15, -0.1) is 11.3 Å². The molecule has 2 saturated carbocycles. The zero-order valence-corrected chi connectivity index (χ0v) is 24.3. The highest BCUT2D eigenvalue weighted by molar-refractivity contribution is 7.93. The first-order valence-corrected chi connectivity index (χ1v) is 16.0. The number of benzene rings is 1. The van der Waals surface area contributed by atoms with Gasteiger partial charge in [-0.1, -0.05) is 6.07 Å². The third-order valence-corrected chi connectivity index (χ3v) is 10.8. The molecule has 1 atom stereocenters. The Hall–Kier alpha value is -3.19. The number of pyridine rings is 1. The van der Waals surface area contributed by atoms with Crippen molar-refractivity contribution in [2.45, 2.75) is 86.8 Å². The van der Waals surface area contributed by atoms with Gasteiger partial charge in [-0.3, -0.25) is 0 Å². The first kappa shape index (κ1) is 29.3. The van der Waals surface area contributed by atoms with Crippen molar-refractivity contribution in [1.82, 2.24) is 15.3 Å². The molecule has 0 aliphatic heterocycles. The van der Waals surface area contributed by atoms with E-state index in [9.17, 15) is 22.2 Å². The van der Waals surface area contributed by atoms with Crippen LogP contribution in [0, 0.1) is 4.78 Å². The fourth-order valence-corrected chi connectivity index (χ4v) is 8.07. The van der Waals surface area contributed by atoms with E-state index in [1.807, 2.05) is 13.8 Å². The van der Waals surface area contributed by atoms with E-state index in [2.05, 4.69) is 20.6 Å². The maximum absolute atomic E-state index is 13.6. The summed E-state index contributed by atoms with van der Waals surface area (Å²) in [6.07, 6.45) is 2.28. The van der Waals surface area contributed by atoms with Gasteiger partial charge >= 0.3 is 12.3 Å². The van der Waals surface area contributed by atoms with Gasteiger partial charge in [-0.2, -0.15) is 13.2 Å². The molecule has 2 aromatic heterocycles. The van der Waals surface area contributed by atoms with E-state index in [0.29, 0.717) is 16.1 Å². The van der Waals surface area contributed by atoms with Gasteiger partial charge < -0.3 is 15.4 Å². The molecule has 5 rings (SSSR count). The Kier molecular flexibility index (Phi) is 8.29. The number of anilines is 2. The lowest BCUT2D eigenvalue weighted by molar-refractivity contribution is -0.137. The number of thiazole rings is 1. The molecule has 8 nitrogen and oxygen atoms in total. The van der Waals surface area contributed by atoms with Crippen molar-refractivity contribution in [2.75, 3.05) is 5.32 Å². The third-order valence-electron chi connectivity index (χ3n) is 7.20. The highest BCUT2D eigenvalue weighted by Gasteiger charge is 2.36. The molecule has 3 N–H and O–H groups in total. The average molecular weight is 608 g/mol. The van der Waals surface area contributed by atoms with Crippen LogP contribution < -0.4 is 10.6 Å². The molecular formula is C28H32F3N5O3S2. The first-order chi connectivity index (χ1) is 19.4. The molecule has 41 heavy (non-hydrogen) atoms. The second-order valence-corrected chi connectivity index (χ2v) is 14.1. The molecule has 2 heterocycles. The Morgan fingerprint density at radius 3 is 2.41 bits per heavy atom. The predicted octanol–water partition coefficient (Wildman–Crippen LogP) is 7.70. The van der Waals surface area contributed by atoms with Crippen LogP contribution in [-0.4, -0.2) is 37.7 Å². The monoisotopic (exact) mass is 607 g/mol. The number of amides is 1. The van der Waals surface area contributed by atoms with Crippen LogP contribution in [0.5, 0.6) is 0 Å². The van der Waals surface area contributed by atoms with Crippen molar-refractivity contribution in [3.05, 3.63) is 53.3 Å². The van der Waals surface area contributed by atoms with Crippen molar-refractivity contribution in [2.24, 2.45) is 0 Å². The standard InChI is InChI=1S/C28H32F3N5O3S2/c1-16(2)39-27(37)36-19-6-3-17(4-7-19)26-34-15-23(40-26)22-11-8-20(13-24(22)41(32,38)21-9-10-21)35-25-12-5-18(14-33-25)28(29,30)31/h5,8,11-17,19,21,32H,3-4,6-7,9-10H2,1-2H3,(H,33,35)(H,36,37)/t17-,19-,41?. The average Bonchev–Trinajstić information content (AvgIpc) is 3.67. The minimum absolute atomic E-state index is 0.0641. The Labute approximate surface area is 241 Å². The van der Waals surface area contributed by atoms with Gasteiger partial charge in [-0.25, -0.2) is 23.8 Å². The summed E-state index contributed by atoms with van der Waals surface area (Å²) in [6, 6.07) is 7.43. The molecule has 0 radical (unpaired) electrons. The first-order valence-electron chi connectivity index (χ1n) is 13.6. The number of hydrogen-bond donors (Lipinski definition) is 3. The lowest BCUT2D eigenvalue weighted by Gasteiger charge is -2.28. The van der Waals surface area contributed by atoms with Gasteiger partial charge in [0.15, 0.2) is 0 Å². The van der Waals surface area contributed by atoms with Crippen molar-refractivity contribution >= 4 is 38.7 Å². The number of nitrogens with one attached hydrogen (secondary N) is 3. The number of hydrogen-bond acceptors (Lipinski definition) is 8. The molecule has 2 aliphatic carbocycles. The Morgan fingerprint density at radius 1 is 1.07 bits per heavy atom. The highest BCUT2D eigenvalue weighted by Crippen LogP contribution is 2.43. The number of aromatic nitrogens is 2. The molecule has 2 aliphatic rings.